The summed E-state index contributed by atoms with van der Waals surface area (Å²) < 4.78 is 4.92. The molecule has 0 spiro atoms. The number of benzene rings is 2. The zero-order valence-electron chi connectivity index (χ0n) is 13.7. The highest BCUT2D eigenvalue weighted by molar-refractivity contribution is 5.76. The predicted molar refractivity (Wildman–Crippen MR) is 90.5 cm³/mol. The van der Waals surface area contributed by atoms with Crippen LogP contribution in [0.4, 0.5) is 5.69 Å². The largest absolute Gasteiger partial charge is 0.468 e. The van der Waals surface area contributed by atoms with Crippen LogP contribution < -0.4 is 0 Å². The molecule has 0 radical (unpaired) electrons. The molecule has 0 amide bonds. The molecule has 0 aliphatic heterocycles. The van der Waals surface area contributed by atoms with Crippen LogP contribution in [0.15, 0.2) is 54.6 Å². The number of non-ortho nitro benzene ring substituents is 1. The van der Waals surface area contributed by atoms with E-state index in [1.165, 1.54) is 19.2 Å². The van der Waals surface area contributed by atoms with Crippen LogP contribution in [0.25, 0.3) is 0 Å². The number of likely N-dealkylation sites (N-methyl/N-ethyl adjacent to an activating group) is 1. The lowest BCUT2D eigenvalue weighted by Gasteiger charge is -2.26. The number of hydrogen-bond donors (Lipinski definition) is 0. The fraction of sp³-hybridized carbons (Fsp3) is 0.278. The normalized spacial score (nSPS) is 12.0. The minimum absolute atomic E-state index is 0.0511. The molecule has 0 aromatic heterocycles. The Morgan fingerprint density at radius 1 is 1.12 bits per heavy atom. The second kappa shape index (κ2) is 8.21. The molecule has 0 bridgehead atoms. The Kier molecular flexibility index (Phi) is 6.03. The van der Waals surface area contributed by atoms with Gasteiger partial charge < -0.3 is 4.74 Å². The molecule has 0 saturated carbocycles. The second-order valence-corrected chi connectivity index (χ2v) is 5.57. The molecule has 126 valence electrons. The first-order valence-electron chi connectivity index (χ1n) is 7.56. The summed E-state index contributed by atoms with van der Waals surface area (Å²) in [6.45, 7) is 0.491. The standard InChI is InChI=1S/C18H20N2O4/c1-19(13-15-8-10-16(11-9-15)20(22)23)17(18(21)24-2)12-14-6-4-3-5-7-14/h3-11,17H,12-13H2,1-2H3/t17-/m0/s1. The topological polar surface area (TPSA) is 72.7 Å². The van der Waals surface area contributed by atoms with Gasteiger partial charge in [-0.2, -0.15) is 0 Å². The fourth-order valence-corrected chi connectivity index (χ4v) is 2.51. The van der Waals surface area contributed by atoms with Gasteiger partial charge in [0, 0.05) is 18.7 Å². The average Bonchev–Trinajstić information content (AvgIpc) is 2.60. The molecule has 6 heteroatoms. The molecule has 0 fully saturated rings. The highest BCUT2D eigenvalue weighted by Crippen LogP contribution is 2.16. The van der Waals surface area contributed by atoms with Crippen LogP contribution in [-0.4, -0.2) is 36.0 Å². The summed E-state index contributed by atoms with van der Waals surface area (Å²) in [6.07, 6.45) is 0.539. The van der Waals surface area contributed by atoms with Gasteiger partial charge in [0.25, 0.3) is 5.69 Å². The van der Waals surface area contributed by atoms with Crippen molar-refractivity contribution < 1.29 is 14.5 Å². The summed E-state index contributed by atoms with van der Waals surface area (Å²) in [4.78, 5) is 24.3. The number of carbonyl (C=O) groups is 1. The van der Waals surface area contributed by atoms with E-state index in [1.807, 2.05) is 42.3 Å². The number of ether oxygens (including phenoxy) is 1. The smallest absolute Gasteiger partial charge is 0.323 e. The Hall–Kier alpha value is -2.73. The van der Waals surface area contributed by atoms with Crippen molar-refractivity contribution >= 4 is 11.7 Å². The van der Waals surface area contributed by atoms with E-state index in [1.54, 1.807) is 12.1 Å². The Bertz CT molecular complexity index is 686. The molecule has 1 atom stereocenters. The van der Waals surface area contributed by atoms with Gasteiger partial charge in [0.2, 0.25) is 0 Å². The van der Waals surface area contributed by atoms with E-state index in [0.717, 1.165) is 11.1 Å². The number of rotatable bonds is 7. The van der Waals surface area contributed by atoms with Gasteiger partial charge in [-0.15, -0.1) is 0 Å². The van der Waals surface area contributed by atoms with Gasteiger partial charge in [-0.1, -0.05) is 42.5 Å². The van der Waals surface area contributed by atoms with Crippen LogP contribution in [0, 0.1) is 10.1 Å². The van der Waals surface area contributed by atoms with Crippen LogP contribution in [0.3, 0.4) is 0 Å². The molecule has 0 heterocycles. The van der Waals surface area contributed by atoms with Crippen LogP contribution >= 0.6 is 0 Å². The Morgan fingerprint density at radius 3 is 2.29 bits per heavy atom. The van der Waals surface area contributed by atoms with Crippen molar-refractivity contribution in [2.24, 2.45) is 0 Å². The van der Waals surface area contributed by atoms with Gasteiger partial charge in [-0.05, 0) is 24.6 Å². The van der Waals surface area contributed by atoms with Gasteiger partial charge >= 0.3 is 5.97 Å². The molecule has 2 aromatic rings. The van der Waals surface area contributed by atoms with Crippen molar-refractivity contribution in [2.75, 3.05) is 14.2 Å². The van der Waals surface area contributed by atoms with Crippen molar-refractivity contribution in [2.45, 2.75) is 19.0 Å². The highest BCUT2D eigenvalue weighted by Gasteiger charge is 2.24. The van der Waals surface area contributed by atoms with E-state index in [0.29, 0.717) is 13.0 Å². The summed E-state index contributed by atoms with van der Waals surface area (Å²) >= 11 is 0. The first-order valence-corrected chi connectivity index (χ1v) is 7.56. The summed E-state index contributed by atoms with van der Waals surface area (Å²) in [5.74, 6) is -0.303. The van der Waals surface area contributed by atoms with E-state index in [9.17, 15) is 14.9 Å². The molecule has 24 heavy (non-hydrogen) atoms. The fourth-order valence-electron chi connectivity index (χ4n) is 2.51. The number of methoxy groups -OCH3 is 1. The van der Waals surface area contributed by atoms with E-state index in [-0.39, 0.29) is 11.7 Å². The Balaban J connectivity index is 2.10. The van der Waals surface area contributed by atoms with Gasteiger partial charge in [0.15, 0.2) is 0 Å². The van der Waals surface area contributed by atoms with Crippen LogP contribution in [-0.2, 0) is 22.5 Å². The molecule has 0 saturated heterocycles. The molecule has 6 nitrogen and oxygen atoms in total. The zero-order chi connectivity index (χ0) is 17.5. The summed E-state index contributed by atoms with van der Waals surface area (Å²) in [5.41, 5.74) is 1.99. The number of esters is 1. The monoisotopic (exact) mass is 328 g/mol. The van der Waals surface area contributed by atoms with Crippen LogP contribution in [0.2, 0.25) is 0 Å². The lowest BCUT2D eigenvalue weighted by molar-refractivity contribution is -0.384. The van der Waals surface area contributed by atoms with Gasteiger partial charge in [0.05, 0.1) is 12.0 Å². The Labute approximate surface area is 140 Å². The lowest BCUT2D eigenvalue weighted by Crippen LogP contribution is -2.40. The van der Waals surface area contributed by atoms with Gasteiger partial charge in [-0.25, -0.2) is 0 Å². The number of nitro benzene ring substituents is 1. The van der Waals surface area contributed by atoms with E-state index < -0.39 is 11.0 Å². The summed E-state index contributed by atoms with van der Waals surface area (Å²) in [7, 11) is 3.21. The molecular formula is C18H20N2O4. The van der Waals surface area contributed by atoms with E-state index in [2.05, 4.69) is 0 Å². The summed E-state index contributed by atoms with van der Waals surface area (Å²) in [6, 6.07) is 15.6. The maximum Gasteiger partial charge on any atom is 0.323 e. The van der Waals surface area contributed by atoms with Gasteiger partial charge in [0.1, 0.15) is 6.04 Å². The first-order chi connectivity index (χ1) is 11.5. The molecule has 2 rings (SSSR count). The third kappa shape index (κ3) is 4.63. The first kappa shape index (κ1) is 17.6. The number of nitrogens with zero attached hydrogens (tertiary/aromatic N) is 2. The third-order valence-corrected chi connectivity index (χ3v) is 3.86. The van der Waals surface area contributed by atoms with Crippen molar-refractivity contribution in [3.63, 3.8) is 0 Å². The SMILES string of the molecule is COC(=O)[C@H](Cc1ccccc1)N(C)Cc1ccc([N+](=O)[O-])cc1. The van der Waals surface area contributed by atoms with Crippen LogP contribution in [0.5, 0.6) is 0 Å². The van der Waals surface area contributed by atoms with E-state index >= 15 is 0 Å². The van der Waals surface area contributed by atoms with Crippen molar-refractivity contribution in [1.29, 1.82) is 0 Å². The predicted octanol–water partition coefficient (Wildman–Crippen LogP) is 2.81. The minimum Gasteiger partial charge on any atom is -0.468 e. The van der Waals surface area contributed by atoms with Crippen molar-refractivity contribution in [1.82, 2.24) is 4.90 Å². The number of carbonyl (C=O) groups excluding carboxylic acids is 1. The number of hydrogen-bond acceptors (Lipinski definition) is 5. The number of nitro groups is 1. The maximum atomic E-state index is 12.1. The molecule has 0 unspecified atom stereocenters. The molecule has 0 aliphatic rings. The molecular weight excluding hydrogens is 308 g/mol. The van der Waals surface area contributed by atoms with E-state index in [4.69, 9.17) is 4.74 Å². The molecule has 0 aliphatic carbocycles. The quantitative estimate of drug-likeness (QED) is 0.444. The lowest BCUT2D eigenvalue weighted by atomic mass is 10.0. The molecule has 0 N–H and O–H groups in total. The van der Waals surface area contributed by atoms with Crippen LogP contribution in [0.1, 0.15) is 11.1 Å². The third-order valence-electron chi connectivity index (χ3n) is 3.86. The highest BCUT2D eigenvalue weighted by atomic mass is 16.6. The second-order valence-electron chi connectivity index (χ2n) is 5.57. The maximum absolute atomic E-state index is 12.1. The minimum atomic E-state index is -0.430. The van der Waals surface area contributed by atoms with Crippen molar-refractivity contribution in [3.8, 4) is 0 Å². The molecule has 2 aromatic carbocycles. The zero-order valence-corrected chi connectivity index (χ0v) is 13.7. The van der Waals surface area contributed by atoms with Crippen molar-refractivity contribution in [3.05, 3.63) is 75.8 Å². The van der Waals surface area contributed by atoms with Gasteiger partial charge in [-0.3, -0.25) is 19.8 Å². The Morgan fingerprint density at radius 2 is 1.75 bits per heavy atom. The average molecular weight is 328 g/mol. The summed E-state index contributed by atoms with van der Waals surface area (Å²) in [5, 5.41) is 10.7.